The van der Waals surface area contributed by atoms with Gasteiger partial charge in [-0.15, -0.1) is 0 Å². The molecule has 5 nitrogen and oxygen atoms in total. The van der Waals surface area contributed by atoms with E-state index in [0.717, 1.165) is 10.9 Å². The van der Waals surface area contributed by atoms with Crippen LogP contribution in [0.1, 0.15) is 16.1 Å². The molecule has 0 unspecified atom stereocenters. The first kappa shape index (κ1) is 15.9. The molecule has 0 spiro atoms. The van der Waals surface area contributed by atoms with Crippen LogP contribution in [-0.2, 0) is 6.54 Å². The average molecular weight is 325 g/mol. The van der Waals surface area contributed by atoms with Gasteiger partial charge in [0.2, 0.25) is 0 Å². The second kappa shape index (κ2) is 6.66. The fraction of sp³-hybridized carbons (Fsp3) is 0.211. The summed E-state index contributed by atoms with van der Waals surface area (Å²) in [5, 5.41) is 0.910. The van der Waals surface area contributed by atoms with Gasteiger partial charge in [0.15, 0.2) is 17.3 Å². The molecule has 0 bridgehead atoms. The van der Waals surface area contributed by atoms with Crippen molar-refractivity contribution in [1.82, 2.24) is 4.90 Å². The van der Waals surface area contributed by atoms with E-state index < -0.39 is 0 Å². The average Bonchev–Trinajstić information content (AvgIpc) is 3.04. The molecule has 5 heteroatoms. The minimum atomic E-state index is -0.184. The number of methoxy groups -OCH3 is 2. The summed E-state index contributed by atoms with van der Waals surface area (Å²) >= 11 is 0. The molecule has 0 atom stereocenters. The zero-order valence-electron chi connectivity index (χ0n) is 13.9. The van der Waals surface area contributed by atoms with Crippen LogP contribution in [0.25, 0.3) is 11.0 Å². The van der Waals surface area contributed by atoms with Crippen molar-refractivity contribution in [2.75, 3.05) is 21.3 Å². The number of hydrogen-bond acceptors (Lipinski definition) is 4. The van der Waals surface area contributed by atoms with Gasteiger partial charge in [-0.1, -0.05) is 30.3 Å². The van der Waals surface area contributed by atoms with Crippen molar-refractivity contribution in [2.45, 2.75) is 6.54 Å². The van der Waals surface area contributed by atoms with Gasteiger partial charge in [0.05, 0.1) is 14.2 Å². The summed E-state index contributed by atoms with van der Waals surface area (Å²) in [5.74, 6) is 1.40. The number of rotatable bonds is 5. The van der Waals surface area contributed by atoms with Gasteiger partial charge in [0.1, 0.15) is 5.58 Å². The Morgan fingerprint density at radius 1 is 1.08 bits per heavy atom. The van der Waals surface area contributed by atoms with Crippen molar-refractivity contribution in [2.24, 2.45) is 0 Å². The maximum Gasteiger partial charge on any atom is 0.289 e. The minimum Gasteiger partial charge on any atom is -0.493 e. The first-order valence-electron chi connectivity index (χ1n) is 7.58. The third-order valence-electron chi connectivity index (χ3n) is 3.88. The van der Waals surface area contributed by atoms with Gasteiger partial charge in [-0.25, -0.2) is 0 Å². The van der Waals surface area contributed by atoms with Crippen LogP contribution < -0.4 is 9.47 Å². The highest BCUT2D eigenvalue weighted by Crippen LogP contribution is 2.31. The molecule has 3 aromatic rings. The highest BCUT2D eigenvalue weighted by atomic mass is 16.5. The molecule has 1 amide bonds. The Bertz CT molecular complexity index is 836. The molecule has 1 heterocycles. The van der Waals surface area contributed by atoms with E-state index in [-0.39, 0.29) is 5.91 Å². The zero-order valence-corrected chi connectivity index (χ0v) is 13.9. The molecule has 2 aromatic carbocycles. The molecule has 0 fully saturated rings. The van der Waals surface area contributed by atoms with Crippen LogP contribution >= 0.6 is 0 Å². The molecule has 0 saturated heterocycles. The zero-order chi connectivity index (χ0) is 17.1. The smallest absolute Gasteiger partial charge is 0.289 e. The fourth-order valence-corrected chi connectivity index (χ4v) is 2.68. The normalized spacial score (nSPS) is 10.6. The number of nitrogens with zero attached hydrogens (tertiary/aromatic N) is 1. The lowest BCUT2D eigenvalue weighted by atomic mass is 10.1. The SMILES string of the molecule is COc1cccc(CN(C)C(=O)c2cc3ccccc3o2)c1OC. The highest BCUT2D eigenvalue weighted by Gasteiger charge is 2.19. The lowest BCUT2D eigenvalue weighted by molar-refractivity contribution is 0.0754. The number of para-hydroxylation sites is 2. The first-order chi connectivity index (χ1) is 11.6. The lowest BCUT2D eigenvalue weighted by Crippen LogP contribution is -2.26. The molecule has 0 radical (unpaired) electrons. The van der Waals surface area contributed by atoms with Crippen LogP contribution in [0.3, 0.4) is 0 Å². The van der Waals surface area contributed by atoms with Gasteiger partial charge in [-0.2, -0.15) is 0 Å². The molecular weight excluding hydrogens is 306 g/mol. The summed E-state index contributed by atoms with van der Waals surface area (Å²) in [6.45, 7) is 0.385. The van der Waals surface area contributed by atoms with Crippen molar-refractivity contribution >= 4 is 16.9 Å². The van der Waals surface area contributed by atoms with E-state index in [1.807, 2.05) is 42.5 Å². The molecule has 24 heavy (non-hydrogen) atoms. The summed E-state index contributed by atoms with van der Waals surface area (Å²) in [5.41, 5.74) is 1.57. The van der Waals surface area contributed by atoms with E-state index in [4.69, 9.17) is 13.9 Å². The monoisotopic (exact) mass is 325 g/mol. The van der Waals surface area contributed by atoms with Crippen LogP contribution in [0.15, 0.2) is 52.9 Å². The second-order valence-corrected chi connectivity index (χ2v) is 5.46. The Kier molecular flexibility index (Phi) is 4.42. The van der Waals surface area contributed by atoms with Crippen LogP contribution in [0, 0.1) is 0 Å². The van der Waals surface area contributed by atoms with Crippen LogP contribution in [0.4, 0.5) is 0 Å². The van der Waals surface area contributed by atoms with E-state index in [9.17, 15) is 4.79 Å². The Balaban J connectivity index is 1.84. The maximum absolute atomic E-state index is 12.6. The number of hydrogen-bond donors (Lipinski definition) is 0. The van der Waals surface area contributed by atoms with Gasteiger partial charge < -0.3 is 18.8 Å². The van der Waals surface area contributed by atoms with Gasteiger partial charge >= 0.3 is 0 Å². The van der Waals surface area contributed by atoms with E-state index >= 15 is 0 Å². The summed E-state index contributed by atoms with van der Waals surface area (Å²) < 4.78 is 16.4. The van der Waals surface area contributed by atoms with Gasteiger partial charge in [0, 0.05) is 24.5 Å². The molecule has 1 aromatic heterocycles. The molecule has 0 aliphatic carbocycles. The Labute approximate surface area is 140 Å². The molecule has 124 valence electrons. The number of ether oxygens (including phenoxy) is 2. The third-order valence-corrected chi connectivity index (χ3v) is 3.88. The van der Waals surface area contributed by atoms with Crippen LogP contribution in [-0.4, -0.2) is 32.1 Å². The Morgan fingerprint density at radius 2 is 1.88 bits per heavy atom. The Hall–Kier alpha value is -2.95. The third kappa shape index (κ3) is 2.93. The van der Waals surface area contributed by atoms with Crippen molar-refractivity contribution in [3.05, 3.63) is 59.9 Å². The Morgan fingerprint density at radius 3 is 2.58 bits per heavy atom. The largest absolute Gasteiger partial charge is 0.493 e. The number of furan rings is 1. The number of fused-ring (bicyclic) bond motifs is 1. The van der Waals surface area contributed by atoms with Crippen molar-refractivity contribution < 1.29 is 18.7 Å². The standard InChI is InChI=1S/C19H19NO4/c1-20(12-14-8-6-10-16(22-2)18(14)23-3)19(21)17-11-13-7-4-5-9-15(13)24-17/h4-11H,12H2,1-3H3. The predicted octanol–water partition coefficient (Wildman–Crippen LogP) is 3.72. The number of amides is 1. The summed E-state index contributed by atoms with van der Waals surface area (Å²) in [6, 6.07) is 14.9. The summed E-state index contributed by atoms with van der Waals surface area (Å²) in [7, 11) is 4.90. The lowest BCUT2D eigenvalue weighted by Gasteiger charge is -2.19. The summed E-state index contributed by atoms with van der Waals surface area (Å²) in [6.07, 6.45) is 0. The molecule has 0 aliphatic rings. The maximum atomic E-state index is 12.6. The van der Waals surface area contributed by atoms with E-state index in [1.165, 1.54) is 0 Å². The van der Waals surface area contributed by atoms with Gasteiger partial charge in [0.25, 0.3) is 5.91 Å². The number of benzene rings is 2. The van der Waals surface area contributed by atoms with Crippen molar-refractivity contribution in [3.63, 3.8) is 0 Å². The predicted molar refractivity (Wildman–Crippen MR) is 91.6 cm³/mol. The van der Waals surface area contributed by atoms with Gasteiger partial charge in [-0.05, 0) is 18.2 Å². The second-order valence-electron chi connectivity index (χ2n) is 5.46. The fourth-order valence-electron chi connectivity index (χ4n) is 2.68. The van der Waals surface area contributed by atoms with Crippen LogP contribution in [0.5, 0.6) is 11.5 Å². The van der Waals surface area contributed by atoms with E-state index in [2.05, 4.69) is 0 Å². The van der Waals surface area contributed by atoms with Gasteiger partial charge in [-0.3, -0.25) is 4.79 Å². The summed E-state index contributed by atoms with van der Waals surface area (Å²) in [4.78, 5) is 14.2. The molecule has 3 rings (SSSR count). The number of carbonyl (C=O) groups excluding carboxylic acids is 1. The highest BCUT2D eigenvalue weighted by molar-refractivity contribution is 5.95. The van der Waals surface area contributed by atoms with Crippen molar-refractivity contribution in [1.29, 1.82) is 0 Å². The minimum absolute atomic E-state index is 0.184. The topological polar surface area (TPSA) is 51.9 Å². The molecule has 0 saturated carbocycles. The number of carbonyl (C=O) groups is 1. The molecule has 0 N–H and O–H groups in total. The van der Waals surface area contributed by atoms with Crippen LogP contribution in [0.2, 0.25) is 0 Å². The first-order valence-corrected chi connectivity index (χ1v) is 7.58. The molecular formula is C19H19NO4. The quantitative estimate of drug-likeness (QED) is 0.717. The van der Waals surface area contributed by atoms with E-state index in [1.54, 1.807) is 32.2 Å². The van der Waals surface area contributed by atoms with Crippen molar-refractivity contribution in [3.8, 4) is 11.5 Å². The van der Waals surface area contributed by atoms with E-state index in [0.29, 0.717) is 29.4 Å². The molecule has 0 aliphatic heterocycles.